The van der Waals surface area contributed by atoms with Gasteiger partial charge in [-0.05, 0) is 36.5 Å². The Hall–Kier alpha value is -1.55. The first kappa shape index (κ1) is 14.9. The zero-order valence-corrected chi connectivity index (χ0v) is 12.2. The van der Waals surface area contributed by atoms with Gasteiger partial charge in [0.2, 0.25) is 0 Å². The first-order chi connectivity index (χ1) is 9.65. The number of benzene rings is 1. The molecule has 1 N–H and O–H groups in total. The third kappa shape index (κ3) is 4.53. The standard InChI is InChI=1S/C16H23NO3/c1-12(2)13-4-3-5-15(10-13)20-11-16(18)17-14-6-8-19-9-7-14/h3-5,10,12,14H,6-9,11H2,1-2H3,(H,17,18). The predicted molar refractivity (Wildman–Crippen MR) is 78.0 cm³/mol. The summed E-state index contributed by atoms with van der Waals surface area (Å²) in [5, 5.41) is 2.98. The lowest BCUT2D eigenvalue weighted by atomic mass is 10.0. The SMILES string of the molecule is CC(C)c1cccc(OCC(=O)NC2CCOCC2)c1. The molecule has 0 unspecified atom stereocenters. The van der Waals surface area contributed by atoms with Crippen LogP contribution in [0, 0.1) is 0 Å². The van der Waals surface area contributed by atoms with Crippen LogP contribution in [0.5, 0.6) is 5.75 Å². The lowest BCUT2D eigenvalue weighted by Gasteiger charge is -2.23. The number of carbonyl (C=O) groups excluding carboxylic acids is 1. The molecule has 1 saturated heterocycles. The van der Waals surface area contributed by atoms with E-state index in [1.807, 2.05) is 18.2 Å². The number of hydrogen-bond donors (Lipinski definition) is 1. The summed E-state index contributed by atoms with van der Waals surface area (Å²) in [5.41, 5.74) is 1.22. The summed E-state index contributed by atoms with van der Waals surface area (Å²) in [6, 6.07) is 8.13. The second kappa shape index (κ2) is 7.29. The van der Waals surface area contributed by atoms with E-state index in [0.717, 1.165) is 31.8 Å². The van der Waals surface area contributed by atoms with Gasteiger partial charge in [-0.25, -0.2) is 0 Å². The highest BCUT2D eigenvalue weighted by Crippen LogP contribution is 2.20. The molecule has 1 amide bonds. The fraction of sp³-hybridized carbons (Fsp3) is 0.562. The maximum absolute atomic E-state index is 11.8. The van der Waals surface area contributed by atoms with Gasteiger partial charge in [0, 0.05) is 19.3 Å². The molecular formula is C16H23NO3. The summed E-state index contributed by atoms with van der Waals surface area (Å²) in [7, 11) is 0. The third-order valence-corrected chi connectivity index (χ3v) is 3.48. The van der Waals surface area contributed by atoms with Gasteiger partial charge in [-0.15, -0.1) is 0 Å². The van der Waals surface area contributed by atoms with Gasteiger partial charge in [0.05, 0.1) is 0 Å². The van der Waals surface area contributed by atoms with E-state index in [9.17, 15) is 4.79 Å². The molecule has 4 heteroatoms. The van der Waals surface area contributed by atoms with E-state index in [4.69, 9.17) is 9.47 Å². The van der Waals surface area contributed by atoms with Crippen molar-refractivity contribution < 1.29 is 14.3 Å². The second-order valence-corrected chi connectivity index (χ2v) is 5.47. The lowest BCUT2D eigenvalue weighted by Crippen LogP contribution is -2.41. The van der Waals surface area contributed by atoms with Crippen molar-refractivity contribution in [2.45, 2.75) is 38.6 Å². The van der Waals surface area contributed by atoms with Crippen molar-refractivity contribution in [3.8, 4) is 5.75 Å². The van der Waals surface area contributed by atoms with E-state index in [0.29, 0.717) is 5.92 Å². The molecule has 110 valence electrons. The Bertz CT molecular complexity index is 439. The molecule has 4 nitrogen and oxygen atoms in total. The van der Waals surface area contributed by atoms with Gasteiger partial charge < -0.3 is 14.8 Å². The molecule has 0 saturated carbocycles. The topological polar surface area (TPSA) is 47.6 Å². The fourth-order valence-corrected chi connectivity index (χ4v) is 2.22. The molecule has 1 aliphatic rings. The number of nitrogens with one attached hydrogen (secondary N) is 1. The summed E-state index contributed by atoms with van der Waals surface area (Å²) in [6.07, 6.45) is 1.77. The maximum Gasteiger partial charge on any atom is 0.258 e. The van der Waals surface area contributed by atoms with Crippen LogP contribution in [0.15, 0.2) is 24.3 Å². The third-order valence-electron chi connectivity index (χ3n) is 3.48. The summed E-state index contributed by atoms with van der Waals surface area (Å²) in [5.74, 6) is 1.14. The zero-order valence-electron chi connectivity index (χ0n) is 12.2. The summed E-state index contributed by atoms with van der Waals surface area (Å²) in [4.78, 5) is 11.8. The van der Waals surface area contributed by atoms with Crippen LogP contribution in [0.2, 0.25) is 0 Å². The van der Waals surface area contributed by atoms with Crippen LogP contribution in [0.3, 0.4) is 0 Å². The van der Waals surface area contributed by atoms with Crippen LogP contribution in [0.1, 0.15) is 38.2 Å². The van der Waals surface area contributed by atoms with Crippen molar-refractivity contribution in [2.24, 2.45) is 0 Å². The first-order valence-electron chi connectivity index (χ1n) is 7.25. The Labute approximate surface area is 120 Å². The van der Waals surface area contributed by atoms with Gasteiger partial charge in [-0.2, -0.15) is 0 Å². The summed E-state index contributed by atoms with van der Waals surface area (Å²) >= 11 is 0. The van der Waals surface area contributed by atoms with Crippen molar-refractivity contribution in [3.05, 3.63) is 29.8 Å². The van der Waals surface area contributed by atoms with Crippen LogP contribution < -0.4 is 10.1 Å². The van der Waals surface area contributed by atoms with Gasteiger partial charge in [0.25, 0.3) is 5.91 Å². The molecule has 0 aliphatic carbocycles. The smallest absolute Gasteiger partial charge is 0.258 e. The summed E-state index contributed by atoms with van der Waals surface area (Å²) in [6.45, 7) is 5.79. The molecule has 1 aromatic carbocycles. The van der Waals surface area contributed by atoms with E-state index >= 15 is 0 Å². The number of rotatable bonds is 5. The predicted octanol–water partition coefficient (Wildman–Crippen LogP) is 2.48. The molecule has 1 fully saturated rings. The molecule has 0 spiro atoms. The molecule has 0 radical (unpaired) electrons. The maximum atomic E-state index is 11.8. The quantitative estimate of drug-likeness (QED) is 0.899. The monoisotopic (exact) mass is 277 g/mol. The Morgan fingerprint density at radius 2 is 2.15 bits per heavy atom. The highest BCUT2D eigenvalue weighted by atomic mass is 16.5. The molecule has 20 heavy (non-hydrogen) atoms. The van der Waals surface area contributed by atoms with E-state index in [-0.39, 0.29) is 18.6 Å². The van der Waals surface area contributed by atoms with Crippen molar-refractivity contribution >= 4 is 5.91 Å². The van der Waals surface area contributed by atoms with Crippen molar-refractivity contribution in [2.75, 3.05) is 19.8 Å². The van der Waals surface area contributed by atoms with Crippen LogP contribution in [0.25, 0.3) is 0 Å². The minimum atomic E-state index is -0.0631. The van der Waals surface area contributed by atoms with Crippen molar-refractivity contribution in [1.29, 1.82) is 0 Å². The Morgan fingerprint density at radius 1 is 1.40 bits per heavy atom. The number of hydrogen-bond acceptors (Lipinski definition) is 3. The van der Waals surface area contributed by atoms with Crippen LogP contribution in [0.4, 0.5) is 0 Å². The van der Waals surface area contributed by atoms with Crippen molar-refractivity contribution in [3.63, 3.8) is 0 Å². The molecule has 1 aliphatic heterocycles. The fourth-order valence-electron chi connectivity index (χ4n) is 2.22. The van der Waals surface area contributed by atoms with Crippen molar-refractivity contribution in [1.82, 2.24) is 5.32 Å². The van der Waals surface area contributed by atoms with Gasteiger partial charge >= 0.3 is 0 Å². The summed E-state index contributed by atoms with van der Waals surface area (Å²) < 4.78 is 10.8. The van der Waals surface area contributed by atoms with Crippen LogP contribution in [-0.4, -0.2) is 31.8 Å². The van der Waals surface area contributed by atoms with Gasteiger partial charge in [0.1, 0.15) is 5.75 Å². The van der Waals surface area contributed by atoms with E-state index in [2.05, 4.69) is 25.2 Å². The largest absolute Gasteiger partial charge is 0.484 e. The van der Waals surface area contributed by atoms with Gasteiger partial charge in [-0.1, -0.05) is 26.0 Å². The lowest BCUT2D eigenvalue weighted by molar-refractivity contribution is -0.124. The average Bonchev–Trinajstić information content (AvgIpc) is 2.46. The van der Waals surface area contributed by atoms with E-state index in [1.165, 1.54) is 5.56 Å². The van der Waals surface area contributed by atoms with Gasteiger partial charge in [0.15, 0.2) is 6.61 Å². The Balaban J connectivity index is 1.79. The number of amides is 1. The molecular weight excluding hydrogens is 254 g/mol. The number of ether oxygens (including phenoxy) is 2. The molecule has 2 rings (SSSR count). The highest BCUT2D eigenvalue weighted by molar-refractivity contribution is 5.77. The van der Waals surface area contributed by atoms with E-state index < -0.39 is 0 Å². The zero-order chi connectivity index (χ0) is 14.4. The minimum Gasteiger partial charge on any atom is -0.484 e. The average molecular weight is 277 g/mol. The van der Waals surface area contributed by atoms with Gasteiger partial charge in [-0.3, -0.25) is 4.79 Å². The molecule has 1 heterocycles. The highest BCUT2D eigenvalue weighted by Gasteiger charge is 2.16. The minimum absolute atomic E-state index is 0.0631. The molecule has 0 atom stereocenters. The van der Waals surface area contributed by atoms with E-state index in [1.54, 1.807) is 0 Å². The molecule has 0 bridgehead atoms. The first-order valence-corrected chi connectivity index (χ1v) is 7.25. The Kier molecular flexibility index (Phi) is 5.41. The normalized spacial score (nSPS) is 16.1. The Morgan fingerprint density at radius 3 is 2.85 bits per heavy atom. The number of carbonyl (C=O) groups is 1. The van der Waals surface area contributed by atoms with Crippen LogP contribution >= 0.6 is 0 Å². The molecule has 1 aromatic rings. The second-order valence-electron chi connectivity index (χ2n) is 5.47. The molecule has 0 aromatic heterocycles. The van der Waals surface area contributed by atoms with Crippen LogP contribution in [-0.2, 0) is 9.53 Å².